The molecule has 0 saturated carbocycles. The second kappa shape index (κ2) is 7.47. The van der Waals surface area contributed by atoms with Crippen LogP contribution in [0.1, 0.15) is 13.8 Å². The van der Waals surface area contributed by atoms with Crippen LogP contribution in [0.25, 0.3) is 17.0 Å². The maximum absolute atomic E-state index is 14.1. The SMILES string of the molecule is CCN(CC)C(=O)CN(C)c1ccc2nnc(-c3ccccc3F)n2n1. The zero-order chi connectivity index (χ0) is 18.7. The molecule has 1 amide bonds. The van der Waals surface area contributed by atoms with Crippen molar-refractivity contribution in [2.24, 2.45) is 0 Å². The topological polar surface area (TPSA) is 66.6 Å². The molecule has 2 heterocycles. The fourth-order valence-electron chi connectivity index (χ4n) is 2.75. The number of amides is 1. The van der Waals surface area contributed by atoms with Crippen molar-refractivity contribution in [2.45, 2.75) is 13.8 Å². The molecule has 136 valence electrons. The van der Waals surface area contributed by atoms with Gasteiger partial charge in [0.2, 0.25) is 5.91 Å². The number of benzene rings is 1. The Morgan fingerprint density at radius 1 is 1.12 bits per heavy atom. The highest BCUT2D eigenvalue weighted by Crippen LogP contribution is 2.21. The van der Waals surface area contributed by atoms with Crippen LogP contribution in [0.2, 0.25) is 0 Å². The number of carbonyl (C=O) groups is 1. The Labute approximate surface area is 151 Å². The first kappa shape index (κ1) is 17.8. The van der Waals surface area contributed by atoms with Gasteiger partial charge in [0.05, 0.1) is 12.1 Å². The molecule has 0 aliphatic rings. The summed E-state index contributed by atoms with van der Waals surface area (Å²) in [5.41, 5.74) is 0.835. The molecule has 0 unspecified atom stereocenters. The molecule has 0 bridgehead atoms. The molecule has 0 aliphatic heterocycles. The minimum Gasteiger partial charge on any atom is -0.349 e. The predicted octanol–water partition coefficient (Wildman–Crippen LogP) is 2.24. The molecule has 26 heavy (non-hydrogen) atoms. The highest BCUT2D eigenvalue weighted by atomic mass is 19.1. The molecule has 0 atom stereocenters. The molecular formula is C18H21FN6O. The average Bonchev–Trinajstić information content (AvgIpc) is 3.06. The Kier molecular flexibility index (Phi) is 5.11. The molecule has 1 aromatic carbocycles. The Bertz CT molecular complexity index is 921. The van der Waals surface area contributed by atoms with E-state index in [-0.39, 0.29) is 18.3 Å². The number of likely N-dealkylation sites (N-methyl/N-ethyl adjacent to an activating group) is 2. The molecule has 0 aliphatic carbocycles. The number of halogens is 1. The molecule has 0 N–H and O–H groups in total. The summed E-state index contributed by atoms with van der Waals surface area (Å²) in [7, 11) is 1.79. The lowest BCUT2D eigenvalue weighted by Crippen LogP contribution is -2.39. The van der Waals surface area contributed by atoms with Crippen molar-refractivity contribution in [2.75, 3.05) is 31.6 Å². The van der Waals surface area contributed by atoms with Crippen molar-refractivity contribution >= 4 is 17.4 Å². The van der Waals surface area contributed by atoms with Gasteiger partial charge in [0.15, 0.2) is 11.5 Å². The highest BCUT2D eigenvalue weighted by molar-refractivity contribution is 5.81. The molecular weight excluding hydrogens is 335 g/mol. The van der Waals surface area contributed by atoms with Gasteiger partial charge in [0.25, 0.3) is 0 Å². The molecule has 3 aromatic rings. The molecule has 7 nitrogen and oxygen atoms in total. The fraction of sp³-hybridized carbons (Fsp3) is 0.333. The van der Waals surface area contributed by atoms with Crippen LogP contribution in [-0.4, -0.2) is 57.3 Å². The molecule has 2 aromatic heterocycles. The number of hydrogen-bond donors (Lipinski definition) is 0. The Morgan fingerprint density at radius 2 is 1.85 bits per heavy atom. The van der Waals surface area contributed by atoms with E-state index in [2.05, 4.69) is 15.3 Å². The van der Waals surface area contributed by atoms with Gasteiger partial charge in [-0.05, 0) is 38.1 Å². The summed E-state index contributed by atoms with van der Waals surface area (Å²) in [6, 6.07) is 9.87. The number of hydrogen-bond acceptors (Lipinski definition) is 5. The van der Waals surface area contributed by atoms with Crippen molar-refractivity contribution in [3.63, 3.8) is 0 Å². The van der Waals surface area contributed by atoms with E-state index in [1.165, 1.54) is 10.6 Å². The summed E-state index contributed by atoms with van der Waals surface area (Å²) >= 11 is 0. The van der Waals surface area contributed by atoms with Crippen LogP contribution < -0.4 is 4.90 Å². The zero-order valence-electron chi connectivity index (χ0n) is 15.1. The summed E-state index contributed by atoms with van der Waals surface area (Å²) in [4.78, 5) is 15.8. The number of rotatable bonds is 6. The van der Waals surface area contributed by atoms with Crippen LogP contribution >= 0.6 is 0 Å². The summed E-state index contributed by atoms with van der Waals surface area (Å²) in [6.07, 6.45) is 0. The van der Waals surface area contributed by atoms with Gasteiger partial charge in [-0.25, -0.2) is 4.39 Å². The summed E-state index contributed by atoms with van der Waals surface area (Å²) in [5, 5.41) is 12.6. The van der Waals surface area contributed by atoms with Crippen LogP contribution in [0.5, 0.6) is 0 Å². The van der Waals surface area contributed by atoms with Crippen molar-refractivity contribution in [3.05, 3.63) is 42.2 Å². The lowest BCUT2D eigenvalue weighted by molar-refractivity contribution is -0.129. The monoisotopic (exact) mass is 356 g/mol. The van der Waals surface area contributed by atoms with Crippen molar-refractivity contribution in [3.8, 4) is 11.4 Å². The number of carbonyl (C=O) groups excluding carboxylic acids is 1. The van der Waals surface area contributed by atoms with Gasteiger partial charge in [-0.1, -0.05) is 12.1 Å². The van der Waals surface area contributed by atoms with Crippen molar-refractivity contribution in [1.29, 1.82) is 0 Å². The quantitative estimate of drug-likeness (QED) is 0.678. The fourth-order valence-corrected chi connectivity index (χ4v) is 2.75. The van der Waals surface area contributed by atoms with Crippen LogP contribution in [0.4, 0.5) is 10.2 Å². The van der Waals surface area contributed by atoms with E-state index in [1.807, 2.05) is 13.8 Å². The smallest absolute Gasteiger partial charge is 0.242 e. The van der Waals surface area contributed by atoms with Gasteiger partial charge in [0, 0.05) is 20.1 Å². The van der Waals surface area contributed by atoms with Gasteiger partial charge in [-0.3, -0.25) is 4.79 Å². The summed E-state index contributed by atoms with van der Waals surface area (Å²) < 4.78 is 15.6. The third-order valence-electron chi connectivity index (χ3n) is 4.24. The van der Waals surface area contributed by atoms with E-state index in [9.17, 15) is 9.18 Å². The van der Waals surface area contributed by atoms with Gasteiger partial charge >= 0.3 is 0 Å². The number of aromatic nitrogens is 4. The molecule has 0 fully saturated rings. The van der Waals surface area contributed by atoms with Gasteiger partial charge < -0.3 is 9.80 Å². The van der Waals surface area contributed by atoms with Crippen LogP contribution in [0.3, 0.4) is 0 Å². The van der Waals surface area contributed by atoms with E-state index in [4.69, 9.17) is 0 Å². The third-order valence-corrected chi connectivity index (χ3v) is 4.24. The first-order chi connectivity index (χ1) is 12.5. The molecule has 8 heteroatoms. The second-order valence-electron chi connectivity index (χ2n) is 5.89. The van der Waals surface area contributed by atoms with Gasteiger partial charge in [-0.15, -0.1) is 15.3 Å². The molecule has 3 rings (SSSR count). The normalized spacial score (nSPS) is 10.9. The Balaban J connectivity index is 1.93. The van der Waals surface area contributed by atoms with Gasteiger partial charge in [-0.2, -0.15) is 4.52 Å². The minimum atomic E-state index is -0.390. The second-order valence-corrected chi connectivity index (χ2v) is 5.89. The molecule has 0 saturated heterocycles. The lowest BCUT2D eigenvalue weighted by atomic mass is 10.2. The minimum absolute atomic E-state index is 0.0254. The van der Waals surface area contributed by atoms with E-state index in [0.717, 1.165) is 0 Å². The van der Waals surface area contributed by atoms with Gasteiger partial charge in [0.1, 0.15) is 11.6 Å². The van der Waals surface area contributed by atoms with E-state index < -0.39 is 0 Å². The van der Waals surface area contributed by atoms with Crippen LogP contribution in [0, 0.1) is 5.82 Å². The average molecular weight is 356 g/mol. The Hall–Kier alpha value is -3.03. The first-order valence-electron chi connectivity index (χ1n) is 8.51. The van der Waals surface area contributed by atoms with Crippen LogP contribution in [-0.2, 0) is 4.79 Å². The number of anilines is 1. The third kappa shape index (κ3) is 3.35. The number of fused-ring (bicyclic) bond motifs is 1. The highest BCUT2D eigenvalue weighted by Gasteiger charge is 2.17. The predicted molar refractivity (Wildman–Crippen MR) is 97.4 cm³/mol. The van der Waals surface area contributed by atoms with Crippen LogP contribution in [0.15, 0.2) is 36.4 Å². The zero-order valence-corrected chi connectivity index (χ0v) is 15.1. The van der Waals surface area contributed by atoms with Crippen molar-refractivity contribution < 1.29 is 9.18 Å². The maximum atomic E-state index is 14.1. The summed E-state index contributed by atoms with van der Waals surface area (Å²) in [6.45, 7) is 5.43. The first-order valence-corrected chi connectivity index (χ1v) is 8.51. The van der Waals surface area contributed by atoms with Crippen molar-refractivity contribution in [1.82, 2.24) is 24.7 Å². The standard InChI is InChI=1S/C18H21FN6O/c1-4-24(5-2)17(26)12-23(3)16-11-10-15-20-21-18(25(15)22-16)13-8-6-7-9-14(13)19/h6-11H,4-5,12H2,1-3H3. The Morgan fingerprint density at radius 3 is 2.54 bits per heavy atom. The van der Waals surface area contributed by atoms with E-state index in [1.54, 1.807) is 47.2 Å². The lowest BCUT2D eigenvalue weighted by Gasteiger charge is -2.23. The number of nitrogens with zero attached hydrogens (tertiary/aromatic N) is 6. The maximum Gasteiger partial charge on any atom is 0.242 e. The summed E-state index contributed by atoms with van der Waals surface area (Å²) in [5.74, 6) is 0.537. The molecule has 0 spiro atoms. The van der Waals surface area contributed by atoms with E-state index >= 15 is 0 Å². The largest absolute Gasteiger partial charge is 0.349 e. The van der Waals surface area contributed by atoms with E-state index in [0.29, 0.717) is 35.9 Å². The molecule has 0 radical (unpaired) electrons.